The van der Waals surface area contributed by atoms with Gasteiger partial charge in [-0.15, -0.1) is 0 Å². The molecule has 1 aliphatic heterocycles. The van der Waals surface area contributed by atoms with Gasteiger partial charge < -0.3 is 5.32 Å². The first kappa shape index (κ1) is 14.4. The lowest BCUT2D eigenvalue weighted by Gasteiger charge is -2.19. The Morgan fingerprint density at radius 2 is 1.58 bits per heavy atom. The summed E-state index contributed by atoms with van der Waals surface area (Å²) in [6.07, 6.45) is 3.17. The van der Waals surface area contributed by atoms with E-state index in [1.54, 1.807) is 6.34 Å². The SMILES string of the molecule is C1=[N+]c2ncnc(NCC(c3ccccc3)c3ccccc3)c2N1. The van der Waals surface area contributed by atoms with Gasteiger partial charge in [0.25, 0.3) is 0 Å². The van der Waals surface area contributed by atoms with Crippen molar-refractivity contribution in [1.82, 2.24) is 15.0 Å². The van der Waals surface area contributed by atoms with Gasteiger partial charge in [-0.1, -0.05) is 70.6 Å². The second-order valence-corrected chi connectivity index (χ2v) is 5.58. The summed E-state index contributed by atoms with van der Waals surface area (Å²) in [7, 11) is 0. The van der Waals surface area contributed by atoms with Crippen LogP contribution in [0.3, 0.4) is 0 Å². The van der Waals surface area contributed by atoms with Crippen LogP contribution in [-0.4, -0.2) is 22.9 Å². The quantitative estimate of drug-likeness (QED) is 0.759. The van der Waals surface area contributed by atoms with E-state index in [0.717, 1.165) is 18.1 Å². The van der Waals surface area contributed by atoms with E-state index in [0.29, 0.717) is 5.82 Å². The molecule has 2 N–H and O–H groups in total. The zero-order valence-electron chi connectivity index (χ0n) is 13.1. The molecule has 0 fully saturated rings. The molecular weight excluding hydrogens is 298 g/mol. The standard InChI is InChI=1S/C19H17N5/c1-3-7-14(8-4-1)16(15-9-5-2-6-10-15)11-20-18-17-19(22-12-21-17)24-13-23-18/h1-10,12-13,16,21H,11H2,(H,20,23,24)/q+1. The zero-order valence-corrected chi connectivity index (χ0v) is 13.1. The third kappa shape index (κ3) is 2.84. The summed E-state index contributed by atoms with van der Waals surface area (Å²) in [6, 6.07) is 21.0. The first-order chi connectivity index (χ1) is 11.9. The molecule has 3 aromatic rings. The first-order valence-electron chi connectivity index (χ1n) is 7.89. The molecule has 0 amide bonds. The minimum absolute atomic E-state index is 0.236. The summed E-state index contributed by atoms with van der Waals surface area (Å²) in [5.74, 6) is 1.68. The van der Waals surface area contributed by atoms with E-state index in [2.05, 4.69) is 74.1 Å². The van der Waals surface area contributed by atoms with Gasteiger partial charge in [-0.05, 0) is 11.1 Å². The summed E-state index contributed by atoms with van der Waals surface area (Å²) in [6.45, 7) is 0.735. The molecule has 24 heavy (non-hydrogen) atoms. The van der Waals surface area contributed by atoms with E-state index in [1.807, 2.05) is 12.1 Å². The second kappa shape index (κ2) is 6.50. The van der Waals surface area contributed by atoms with Crippen LogP contribution >= 0.6 is 0 Å². The number of nitrogens with zero attached hydrogens (tertiary/aromatic N) is 3. The van der Waals surface area contributed by atoms with Crippen LogP contribution in [0.2, 0.25) is 0 Å². The Labute approximate surface area is 140 Å². The predicted octanol–water partition coefficient (Wildman–Crippen LogP) is 3.14. The number of hydrogen-bond acceptors (Lipinski definition) is 5. The van der Waals surface area contributed by atoms with Gasteiger partial charge in [0.1, 0.15) is 0 Å². The number of rotatable bonds is 5. The zero-order chi connectivity index (χ0) is 16.2. The molecule has 5 nitrogen and oxygen atoms in total. The molecule has 2 heterocycles. The third-order valence-electron chi connectivity index (χ3n) is 4.10. The molecule has 5 heteroatoms. The van der Waals surface area contributed by atoms with Crippen molar-refractivity contribution >= 4 is 23.7 Å². The monoisotopic (exact) mass is 315 g/mol. The van der Waals surface area contributed by atoms with Crippen LogP contribution in [0.5, 0.6) is 0 Å². The van der Waals surface area contributed by atoms with Crippen molar-refractivity contribution in [3.63, 3.8) is 0 Å². The van der Waals surface area contributed by atoms with Crippen molar-refractivity contribution in [2.45, 2.75) is 5.92 Å². The van der Waals surface area contributed by atoms with Gasteiger partial charge in [0.2, 0.25) is 12.0 Å². The Balaban J connectivity index is 1.61. The van der Waals surface area contributed by atoms with Gasteiger partial charge in [-0.2, -0.15) is 4.98 Å². The molecule has 0 bridgehead atoms. The average molecular weight is 315 g/mol. The number of benzene rings is 2. The summed E-state index contributed by atoms with van der Waals surface area (Å²) >= 11 is 0. The van der Waals surface area contributed by atoms with Crippen molar-refractivity contribution in [2.75, 3.05) is 17.2 Å². The van der Waals surface area contributed by atoms with Crippen LogP contribution in [0.15, 0.2) is 67.0 Å². The maximum Gasteiger partial charge on any atom is 0.341 e. The van der Waals surface area contributed by atoms with Gasteiger partial charge in [0.05, 0.1) is 0 Å². The Bertz CT molecular complexity index is 807. The van der Waals surface area contributed by atoms with E-state index in [9.17, 15) is 0 Å². The van der Waals surface area contributed by atoms with E-state index < -0.39 is 0 Å². The van der Waals surface area contributed by atoms with E-state index in [4.69, 9.17) is 0 Å². The first-order valence-corrected chi connectivity index (χ1v) is 7.89. The van der Waals surface area contributed by atoms with Crippen LogP contribution in [-0.2, 0) is 0 Å². The number of hydrogen-bond donors (Lipinski definition) is 2. The molecule has 2 aromatic carbocycles. The molecule has 4 rings (SSSR count). The Morgan fingerprint density at radius 1 is 0.917 bits per heavy atom. The van der Waals surface area contributed by atoms with E-state index >= 15 is 0 Å². The smallest absolute Gasteiger partial charge is 0.341 e. The van der Waals surface area contributed by atoms with Gasteiger partial charge >= 0.3 is 5.82 Å². The van der Waals surface area contributed by atoms with Crippen molar-refractivity contribution in [2.24, 2.45) is 0 Å². The number of nitrogens with one attached hydrogen (secondary N) is 2. The number of aromatic nitrogens is 2. The highest BCUT2D eigenvalue weighted by Crippen LogP contribution is 2.30. The molecule has 0 spiro atoms. The van der Waals surface area contributed by atoms with Crippen LogP contribution in [0.25, 0.3) is 0 Å². The Hall–Kier alpha value is -3.21. The molecule has 0 saturated heterocycles. The van der Waals surface area contributed by atoms with Gasteiger partial charge in [0, 0.05) is 12.5 Å². The molecule has 1 aromatic heterocycles. The number of aliphatic imine (C=N–C) groups is 1. The van der Waals surface area contributed by atoms with E-state index in [1.165, 1.54) is 17.5 Å². The molecule has 0 aliphatic carbocycles. The lowest BCUT2D eigenvalue weighted by Crippen LogP contribution is -2.15. The van der Waals surface area contributed by atoms with Crippen molar-refractivity contribution in [1.29, 1.82) is 0 Å². The molecular formula is C19H17N5+. The van der Waals surface area contributed by atoms with Crippen LogP contribution < -0.4 is 15.6 Å². The van der Waals surface area contributed by atoms with Crippen molar-refractivity contribution < 1.29 is 0 Å². The molecule has 117 valence electrons. The molecule has 0 saturated carbocycles. The second-order valence-electron chi connectivity index (χ2n) is 5.58. The molecule has 1 aliphatic rings. The predicted molar refractivity (Wildman–Crippen MR) is 96.7 cm³/mol. The van der Waals surface area contributed by atoms with Gasteiger partial charge in [-0.25, -0.2) is 0 Å². The highest BCUT2D eigenvalue weighted by molar-refractivity contribution is 5.93. The van der Waals surface area contributed by atoms with Crippen LogP contribution in [0, 0.1) is 0 Å². The van der Waals surface area contributed by atoms with Crippen molar-refractivity contribution in [3.05, 3.63) is 78.1 Å². The minimum atomic E-state index is 0.236. The van der Waals surface area contributed by atoms with Gasteiger partial charge in [-0.3, -0.25) is 5.32 Å². The molecule has 0 unspecified atom stereocenters. The number of fused-ring (bicyclic) bond motifs is 1. The highest BCUT2D eigenvalue weighted by atomic mass is 15.2. The van der Waals surface area contributed by atoms with Crippen LogP contribution in [0.4, 0.5) is 17.3 Å². The van der Waals surface area contributed by atoms with Crippen molar-refractivity contribution in [3.8, 4) is 0 Å². The lowest BCUT2D eigenvalue weighted by molar-refractivity contribution is 0.848. The summed E-state index contributed by atoms with van der Waals surface area (Å²) in [5, 5.41) is 6.54. The topological polar surface area (TPSA) is 63.9 Å². The largest absolute Gasteiger partial charge is 0.366 e. The average Bonchev–Trinajstić information content (AvgIpc) is 3.13. The fraction of sp³-hybridized carbons (Fsp3) is 0.105. The fourth-order valence-electron chi connectivity index (χ4n) is 2.90. The van der Waals surface area contributed by atoms with Crippen LogP contribution in [0.1, 0.15) is 17.0 Å². The highest BCUT2D eigenvalue weighted by Gasteiger charge is 2.23. The fourth-order valence-corrected chi connectivity index (χ4v) is 2.90. The van der Waals surface area contributed by atoms with E-state index in [-0.39, 0.29) is 5.92 Å². The van der Waals surface area contributed by atoms with Gasteiger partial charge in [0.15, 0.2) is 12.1 Å². The Morgan fingerprint density at radius 3 is 2.25 bits per heavy atom. The maximum atomic E-state index is 4.34. The molecule has 1 radical (unpaired) electrons. The normalized spacial score (nSPS) is 12.0. The minimum Gasteiger partial charge on any atom is -0.366 e. The summed E-state index contributed by atoms with van der Waals surface area (Å²) in [4.78, 5) is 12.7. The molecule has 0 atom stereocenters. The summed E-state index contributed by atoms with van der Waals surface area (Å²) in [5.41, 5.74) is 3.37. The Kier molecular flexibility index (Phi) is 3.90. The third-order valence-corrected chi connectivity index (χ3v) is 4.10. The summed E-state index contributed by atoms with van der Waals surface area (Å²) < 4.78 is 0. The maximum absolute atomic E-state index is 4.34. The lowest BCUT2D eigenvalue weighted by atomic mass is 9.91. The number of anilines is 2.